The van der Waals surface area contributed by atoms with Crippen molar-refractivity contribution in [3.63, 3.8) is 0 Å². The molecule has 0 spiro atoms. The minimum absolute atomic E-state index is 0.512. The van der Waals surface area contributed by atoms with Gasteiger partial charge in [-0.3, -0.25) is 0 Å². The molecule has 0 amide bonds. The standard InChI is InChI=1S/C49H37N/c1-34-16-29-45(36-10-4-2-5-11-36)48(32-34)39-21-27-43(28-22-39)50(41-13-6-3-7-14-41)42-25-19-35(20-26-42)40-18-17-38-24-30-46-44-15-9-8-12-37(44)23-31-47(46)49(38)33-40/h2-31,33-34H,32H2,1H3. The van der Waals surface area contributed by atoms with Crippen molar-refractivity contribution in [2.45, 2.75) is 13.3 Å². The highest BCUT2D eigenvalue weighted by Crippen LogP contribution is 2.40. The molecule has 0 heterocycles. The Balaban J connectivity index is 1.08. The molecule has 0 radical (unpaired) electrons. The number of rotatable bonds is 6. The predicted molar refractivity (Wildman–Crippen MR) is 215 cm³/mol. The van der Waals surface area contributed by atoms with Crippen LogP contribution in [0.5, 0.6) is 0 Å². The minimum atomic E-state index is 0.512. The van der Waals surface area contributed by atoms with Crippen LogP contribution in [-0.2, 0) is 0 Å². The number of nitrogens with zero attached hydrogens (tertiary/aromatic N) is 1. The lowest BCUT2D eigenvalue weighted by Gasteiger charge is -2.26. The molecule has 1 heteroatoms. The van der Waals surface area contributed by atoms with E-state index >= 15 is 0 Å². The lowest BCUT2D eigenvalue weighted by Crippen LogP contribution is -2.10. The zero-order valence-electron chi connectivity index (χ0n) is 28.1. The Morgan fingerprint density at radius 2 is 0.960 bits per heavy atom. The summed E-state index contributed by atoms with van der Waals surface area (Å²) in [4.78, 5) is 2.35. The SMILES string of the molecule is CC1C=CC(c2ccccc2)=C(c2ccc(N(c3ccccc3)c3ccc(-c4ccc5ccc6c7ccccc7ccc6c5c4)cc3)cc2)C1. The lowest BCUT2D eigenvalue weighted by atomic mass is 9.84. The predicted octanol–water partition coefficient (Wildman–Crippen LogP) is 13.8. The second kappa shape index (κ2) is 12.7. The van der Waals surface area contributed by atoms with Gasteiger partial charge in [-0.1, -0.05) is 153 Å². The Hall–Kier alpha value is -6.18. The lowest BCUT2D eigenvalue weighted by molar-refractivity contribution is 0.751. The summed E-state index contributed by atoms with van der Waals surface area (Å²) in [5.41, 5.74) is 11.1. The minimum Gasteiger partial charge on any atom is -0.311 e. The zero-order chi connectivity index (χ0) is 33.4. The number of hydrogen-bond acceptors (Lipinski definition) is 1. The molecule has 0 saturated carbocycles. The first-order valence-electron chi connectivity index (χ1n) is 17.6. The van der Waals surface area contributed by atoms with E-state index in [0.717, 1.165) is 23.5 Å². The number of benzene rings is 8. The number of anilines is 3. The molecule has 0 bridgehead atoms. The summed E-state index contributed by atoms with van der Waals surface area (Å²) in [6, 6.07) is 64.2. The first-order valence-corrected chi connectivity index (χ1v) is 17.6. The van der Waals surface area contributed by atoms with Crippen molar-refractivity contribution in [1.82, 2.24) is 0 Å². The van der Waals surface area contributed by atoms with Crippen LogP contribution in [0.4, 0.5) is 17.1 Å². The smallest absolute Gasteiger partial charge is 0.0462 e. The highest BCUT2D eigenvalue weighted by Gasteiger charge is 2.18. The van der Waals surface area contributed by atoms with Crippen molar-refractivity contribution in [1.29, 1.82) is 0 Å². The van der Waals surface area contributed by atoms with Crippen LogP contribution < -0.4 is 4.90 Å². The van der Waals surface area contributed by atoms with Crippen molar-refractivity contribution in [3.8, 4) is 11.1 Å². The molecule has 1 aliphatic carbocycles. The fraction of sp³-hybridized carbons (Fsp3) is 0.0612. The van der Waals surface area contributed by atoms with Gasteiger partial charge in [0.15, 0.2) is 0 Å². The van der Waals surface area contributed by atoms with E-state index < -0.39 is 0 Å². The molecule has 238 valence electrons. The van der Waals surface area contributed by atoms with Crippen LogP contribution >= 0.6 is 0 Å². The van der Waals surface area contributed by atoms with Gasteiger partial charge >= 0.3 is 0 Å². The molecule has 1 aliphatic rings. The molecule has 0 aliphatic heterocycles. The van der Waals surface area contributed by atoms with Crippen molar-refractivity contribution in [3.05, 3.63) is 199 Å². The average molecular weight is 640 g/mol. The van der Waals surface area contributed by atoms with Gasteiger partial charge in [-0.05, 0) is 121 Å². The van der Waals surface area contributed by atoms with Crippen molar-refractivity contribution >= 4 is 60.5 Å². The summed E-state index contributed by atoms with van der Waals surface area (Å²) in [5.74, 6) is 0.512. The van der Waals surface area contributed by atoms with Crippen LogP contribution in [0.15, 0.2) is 188 Å². The number of hydrogen-bond donors (Lipinski definition) is 0. The third-order valence-corrected chi connectivity index (χ3v) is 10.2. The Bertz CT molecular complexity index is 2540. The Kier molecular flexibility index (Phi) is 7.59. The summed E-state index contributed by atoms with van der Waals surface area (Å²) in [6.45, 7) is 2.30. The average Bonchev–Trinajstić information content (AvgIpc) is 3.19. The molecular weight excluding hydrogens is 603 g/mol. The molecule has 0 saturated heterocycles. The summed E-state index contributed by atoms with van der Waals surface area (Å²) in [5, 5.41) is 7.72. The van der Waals surface area contributed by atoms with Crippen LogP contribution in [-0.4, -0.2) is 0 Å². The number of para-hydroxylation sites is 1. The maximum absolute atomic E-state index is 2.36. The molecule has 8 aromatic carbocycles. The molecule has 1 unspecified atom stereocenters. The Morgan fingerprint density at radius 3 is 1.68 bits per heavy atom. The number of fused-ring (bicyclic) bond motifs is 5. The second-order valence-corrected chi connectivity index (χ2v) is 13.4. The van der Waals surface area contributed by atoms with Crippen molar-refractivity contribution in [2.75, 3.05) is 4.90 Å². The van der Waals surface area contributed by atoms with E-state index in [2.05, 4.69) is 200 Å². The summed E-state index contributed by atoms with van der Waals surface area (Å²) < 4.78 is 0. The first-order chi connectivity index (χ1) is 24.7. The fourth-order valence-corrected chi connectivity index (χ4v) is 7.66. The highest BCUT2D eigenvalue weighted by atomic mass is 15.1. The highest BCUT2D eigenvalue weighted by molar-refractivity contribution is 6.17. The van der Waals surface area contributed by atoms with Crippen LogP contribution in [0.3, 0.4) is 0 Å². The van der Waals surface area contributed by atoms with E-state index in [1.165, 1.54) is 65.7 Å². The molecular formula is C49H37N. The van der Waals surface area contributed by atoms with Crippen molar-refractivity contribution < 1.29 is 0 Å². The maximum Gasteiger partial charge on any atom is 0.0462 e. The van der Waals surface area contributed by atoms with Gasteiger partial charge in [0.05, 0.1) is 0 Å². The van der Waals surface area contributed by atoms with E-state index in [0.29, 0.717) is 5.92 Å². The van der Waals surface area contributed by atoms with Crippen LogP contribution in [0.1, 0.15) is 24.5 Å². The summed E-state index contributed by atoms with van der Waals surface area (Å²) >= 11 is 0. The van der Waals surface area contributed by atoms with Gasteiger partial charge in [0.2, 0.25) is 0 Å². The van der Waals surface area contributed by atoms with Crippen LogP contribution in [0.25, 0.3) is 54.6 Å². The van der Waals surface area contributed by atoms with E-state index in [4.69, 9.17) is 0 Å². The van der Waals surface area contributed by atoms with E-state index in [9.17, 15) is 0 Å². The van der Waals surface area contributed by atoms with Gasteiger partial charge in [-0.2, -0.15) is 0 Å². The van der Waals surface area contributed by atoms with E-state index in [1.807, 2.05) is 0 Å². The third kappa shape index (κ3) is 5.47. The fourth-order valence-electron chi connectivity index (χ4n) is 7.66. The van der Waals surface area contributed by atoms with Gasteiger partial charge in [-0.25, -0.2) is 0 Å². The largest absolute Gasteiger partial charge is 0.311 e. The monoisotopic (exact) mass is 639 g/mol. The topological polar surface area (TPSA) is 3.24 Å². The van der Waals surface area contributed by atoms with E-state index in [-0.39, 0.29) is 0 Å². The van der Waals surface area contributed by atoms with Gasteiger partial charge in [0.25, 0.3) is 0 Å². The maximum atomic E-state index is 2.36. The van der Waals surface area contributed by atoms with Crippen molar-refractivity contribution in [2.24, 2.45) is 5.92 Å². The van der Waals surface area contributed by atoms with Gasteiger partial charge < -0.3 is 4.90 Å². The molecule has 8 aromatic rings. The molecule has 1 atom stereocenters. The summed E-state index contributed by atoms with van der Waals surface area (Å²) in [7, 11) is 0. The Morgan fingerprint density at radius 1 is 0.420 bits per heavy atom. The molecule has 0 fully saturated rings. The van der Waals surface area contributed by atoms with Gasteiger partial charge in [0.1, 0.15) is 0 Å². The molecule has 1 nitrogen and oxygen atoms in total. The molecule has 9 rings (SSSR count). The molecule has 0 N–H and O–H groups in total. The molecule has 50 heavy (non-hydrogen) atoms. The normalized spacial score (nSPS) is 14.5. The second-order valence-electron chi connectivity index (χ2n) is 13.4. The zero-order valence-corrected chi connectivity index (χ0v) is 28.1. The van der Waals surface area contributed by atoms with E-state index in [1.54, 1.807) is 0 Å². The quantitative estimate of drug-likeness (QED) is 0.164. The van der Waals surface area contributed by atoms with Gasteiger partial charge in [0, 0.05) is 17.1 Å². The Labute approximate surface area is 294 Å². The van der Waals surface area contributed by atoms with Gasteiger partial charge in [-0.15, -0.1) is 0 Å². The number of allylic oxidation sites excluding steroid dienone is 4. The van der Waals surface area contributed by atoms with Crippen LogP contribution in [0, 0.1) is 5.92 Å². The molecule has 0 aromatic heterocycles. The van der Waals surface area contributed by atoms with Crippen LogP contribution in [0.2, 0.25) is 0 Å². The first kappa shape index (κ1) is 29.9. The third-order valence-electron chi connectivity index (χ3n) is 10.2. The summed E-state index contributed by atoms with van der Waals surface area (Å²) in [6.07, 6.45) is 5.68.